The Hall–Kier alpha value is -2.71. The van der Waals surface area contributed by atoms with E-state index in [9.17, 15) is 5.26 Å². The molecule has 2 aromatic rings. The third kappa shape index (κ3) is 2.90. The number of nitrogens with two attached hydrogens (primary N) is 2. The molecule has 1 fully saturated rings. The van der Waals surface area contributed by atoms with Gasteiger partial charge < -0.3 is 21.3 Å². The van der Waals surface area contributed by atoms with Crippen molar-refractivity contribution in [1.29, 1.82) is 5.26 Å². The monoisotopic (exact) mass is 335 g/mol. The van der Waals surface area contributed by atoms with E-state index in [1.807, 2.05) is 25.1 Å². The molecule has 0 spiro atoms. The van der Waals surface area contributed by atoms with Crippen LogP contribution in [0, 0.1) is 18.3 Å². The molecule has 1 aliphatic heterocycles. The molecule has 1 heterocycles. The van der Waals surface area contributed by atoms with Crippen molar-refractivity contribution >= 4 is 17.1 Å². The summed E-state index contributed by atoms with van der Waals surface area (Å²) in [5.74, 6) is 0. The van der Waals surface area contributed by atoms with Gasteiger partial charge in [-0.3, -0.25) is 0 Å². The quantitative estimate of drug-likeness (QED) is 0.843. The van der Waals surface area contributed by atoms with Gasteiger partial charge in [-0.05, 0) is 38.6 Å². The Labute approximate surface area is 149 Å². The zero-order valence-electron chi connectivity index (χ0n) is 15.1. The maximum atomic E-state index is 9.56. The molecule has 1 saturated heterocycles. The first-order valence-electron chi connectivity index (χ1n) is 8.54. The molecule has 0 bridgehead atoms. The molecular weight excluding hydrogens is 310 g/mol. The SMILES string of the molecule is Cc1c(C#N)c(N)c(N)c(N2CC[C@H](N(C)C)C2)c1-c1ccccc1. The van der Waals surface area contributed by atoms with Crippen molar-refractivity contribution in [2.24, 2.45) is 0 Å². The standard InChI is InChI=1S/C20H25N5/c1-13-16(11-21)18(22)19(23)20(17(13)14-7-5-4-6-8-14)25-10-9-15(12-25)24(2)3/h4-8,15H,9-10,12,22-23H2,1-3H3/t15-/m0/s1. The van der Waals surface area contributed by atoms with Gasteiger partial charge in [0, 0.05) is 24.7 Å². The fourth-order valence-corrected chi connectivity index (χ4v) is 3.70. The van der Waals surface area contributed by atoms with Gasteiger partial charge in [-0.1, -0.05) is 30.3 Å². The van der Waals surface area contributed by atoms with Crippen LogP contribution in [-0.4, -0.2) is 38.1 Å². The van der Waals surface area contributed by atoms with E-state index in [0.717, 1.165) is 41.9 Å². The second-order valence-electron chi connectivity index (χ2n) is 6.88. The fourth-order valence-electron chi connectivity index (χ4n) is 3.70. The molecule has 0 radical (unpaired) electrons. The minimum Gasteiger partial charge on any atom is -0.396 e. The smallest absolute Gasteiger partial charge is 0.102 e. The summed E-state index contributed by atoms with van der Waals surface area (Å²) in [6.45, 7) is 3.79. The predicted molar refractivity (Wildman–Crippen MR) is 104 cm³/mol. The number of nitriles is 1. The molecule has 0 amide bonds. The molecule has 0 aromatic heterocycles. The summed E-state index contributed by atoms with van der Waals surface area (Å²) in [6.07, 6.45) is 1.08. The van der Waals surface area contributed by atoms with Gasteiger partial charge >= 0.3 is 0 Å². The molecule has 3 rings (SSSR count). The van der Waals surface area contributed by atoms with E-state index in [4.69, 9.17) is 11.5 Å². The highest BCUT2D eigenvalue weighted by atomic mass is 15.2. The molecule has 2 aromatic carbocycles. The van der Waals surface area contributed by atoms with Gasteiger partial charge in [-0.2, -0.15) is 5.26 Å². The van der Waals surface area contributed by atoms with Crippen molar-refractivity contribution in [1.82, 2.24) is 4.90 Å². The van der Waals surface area contributed by atoms with Gasteiger partial charge in [-0.25, -0.2) is 0 Å². The number of anilines is 3. The predicted octanol–water partition coefficient (Wildman–Crippen LogP) is 2.84. The lowest BCUT2D eigenvalue weighted by Gasteiger charge is -2.28. The Morgan fingerprint density at radius 1 is 1.16 bits per heavy atom. The third-order valence-corrected chi connectivity index (χ3v) is 5.19. The Morgan fingerprint density at radius 3 is 2.40 bits per heavy atom. The minimum absolute atomic E-state index is 0.392. The highest BCUT2D eigenvalue weighted by molar-refractivity contribution is 5.97. The Morgan fingerprint density at radius 2 is 1.84 bits per heavy atom. The van der Waals surface area contributed by atoms with Gasteiger partial charge in [0.25, 0.3) is 0 Å². The van der Waals surface area contributed by atoms with Crippen LogP contribution in [-0.2, 0) is 0 Å². The van der Waals surface area contributed by atoms with Gasteiger partial charge in [-0.15, -0.1) is 0 Å². The van der Waals surface area contributed by atoms with Gasteiger partial charge in [0.2, 0.25) is 0 Å². The fraction of sp³-hybridized carbons (Fsp3) is 0.350. The second-order valence-corrected chi connectivity index (χ2v) is 6.88. The van der Waals surface area contributed by atoms with Crippen LogP contribution >= 0.6 is 0 Å². The van der Waals surface area contributed by atoms with Crippen molar-refractivity contribution in [2.45, 2.75) is 19.4 Å². The number of nitrogen functional groups attached to an aromatic ring is 2. The highest BCUT2D eigenvalue weighted by Crippen LogP contribution is 2.45. The summed E-state index contributed by atoms with van der Waals surface area (Å²) in [5, 5.41) is 9.56. The van der Waals surface area contributed by atoms with E-state index >= 15 is 0 Å². The maximum Gasteiger partial charge on any atom is 0.102 e. The zero-order chi connectivity index (χ0) is 18.1. The molecular formula is C20H25N5. The lowest BCUT2D eigenvalue weighted by Crippen LogP contribution is -2.32. The Balaban J connectivity index is 2.22. The van der Waals surface area contributed by atoms with Crippen molar-refractivity contribution in [3.63, 3.8) is 0 Å². The van der Waals surface area contributed by atoms with Gasteiger partial charge in [0.05, 0.1) is 22.6 Å². The largest absolute Gasteiger partial charge is 0.396 e. The van der Waals surface area contributed by atoms with Crippen LogP contribution in [0.1, 0.15) is 17.5 Å². The van der Waals surface area contributed by atoms with Crippen molar-refractivity contribution in [3.8, 4) is 17.2 Å². The molecule has 1 aliphatic rings. The molecule has 5 nitrogen and oxygen atoms in total. The molecule has 0 saturated carbocycles. The van der Waals surface area contributed by atoms with Crippen LogP contribution in [0.15, 0.2) is 30.3 Å². The van der Waals surface area contributed by atoms with Crippen LogP contribution in [0.2, 0.25) is 0 Å². The maximum absolute atomic E-state index is 9.56. The molecule has 25 heavy (non-hydrogen) atoms. The lowest BCUT2D eigenvalue weighted by atomic mass is 9.92. The van der Waals surface area contributed by atoms with Crippen molar-refractivity contribution < 1.29 is 0 Å². The van der Waals surface area contributed by atoms with Crippen LogP contribution in [0.4, 0.5) is 17.1 Å². The van der Waals surface area contributed by atoms with E-state index in [1.54, 1.807) is 0 Å². The Bertz CT molecular complexity index is 820. The molecule has 0 aliphatic carbocycles. The van der Waals surface area contributed by atoms with Crippen molar-refractivity contribution in [3.05, 3.63) is 41.5 Å². The summed E-state index contributed by atoms with van der Waals surface area (Å²) in [5.41, 5.74) is 18.0. The van der Waals surface area contributed by atoms with Crippen LogP contribution in [0.25, 0.3) is 11.1 Å². The summed E-state index contributed by atoms with van der Waals surface area (Å²) in [6, 6.07) is 12.8. The van der Waals surface area contributed by atoms with E-state index in [1.165, 1.54) is 0 Å². The third-order valence-electron chi connectivity index (χ3n) is 5.19. The summed E-state index contributed by atoms with van der Waals surface area (Å²) < 4.78 is 0. The first kappa shape index (κ1) is 17.1. The summed E-state index contributed by atoms with van der Waals surface area (Å²) in [4.78, 5) is 4.56. The average molecular weight is 335 g/mol. The molecule has 4 N–H and O–H groups in total. The number of nitrogens with zero attached hydrogens (tertiary/aromatic N) is 3. The number of hydrogen-bond donors (Lipinski definition) is 2. The van der Waals surface area contributed by atoms with Crippen molar-refractivity contribution in [2.75, 3.05) is 43.6 Å². The van der Waals surface area contributed by atoms with Crippen LogP contribution in [0.3, 0.4) is 0 Å². The highest BCUT2D eigenvalue weighted by Gasteiger charge is 2.30. The van der Waals surface area contributed by atoms with Crippen LogP contribution in [0.5, 0.6) is 0 Å². The molecule has 0 unspecified atom stereocenters. The lowest BCUT2D eigenvalue weighted by molar-refractivity contribution is 0.315. The molecule has 130 valence electrons. The van der Waals surface area contributed by atoms with E-state index in [2.05, 4.69) is 42.1 Å². The zero-order valence-corrected chi connectivity index (χ0v) is 15.1. The second kappa shape index (κ2) is 6.66. The minimum atomic E-state index is 0.392. The molecule has 5 heteroatoms. The Kier molecular flexibility index (Phi) is 4.56. The first-order chi connectivity index (χ1) is 12.0. The molecule has 1 atom stereocenters. The van der Waals surface area contributed by atoms with Gasteiger partial charge in [0.15, 0.2) is 0 Å². The number of likely N-dealkylation sites (N-methyl/N-ethyl adjacent to an activating group) is 1. The van der Waals surface area contributed by atoms with Gasteiger partial charge in [0.1, 0.15) is 6.07 Å². The average Bonchev–Trinajstić information content (AvgIpc) is 3.09. The van der Waals surface area contributed by atoms with E-state index < -0.39 is 0 Å². The van der Waals surface area contributed by atoms with Crippen LogP contribution < -0.4 is 16.4 Å². The number of benzene rings is 2. The number of hydrogen-bond acceptors (Lipinski definition) is 5. The first-order valence-corrected chi connectivity index (χ1v) is 8.54. The number of rotatable bonds is 3. The summed E-state index contributed by atoms with van der Waals surface area (Å²) in [7, 11) is 4.21. The topological polar surface area (TPSA) is 82.3 Å². The van der Waals surface area contributed by atoms with E-state index in [-0.39, 0.29) is 0 Å². The van der Waals surface area contributed by atoms with E-state index in [0.29, 0.717) is 23.0 Å². The summed E-state index contributed by atoms with van der Waals surface area (Å²) >= 11 is 0. The normalized spacial score (nSPS) is 17.1.